The summed E-state index contributed by atoms with van der Waals surface area (Å²) in [4.78, 5) is 18.9. The van der Waals surface area contributed by atoms with Gasteiger partial charge in [0.05, 0.1) is 11.6 Å². The highest BCUT2D eigenvalue weighted by atomic mass is 19.1. The van der Waals surface area contributed by atoms with Crippen LogP contribution < -0.4 is 10.2 Å². The standard InChI is InChI=1S/C22H22FN5O/c1-15-6-7-18(12-19(15)23)25-22(29)17-5-3-11-28(14-17)21-9-8-20(26-27-21)16-4-2-10-24-13-16/h2,4,6-10,12-13,17H,3,5,11,14H2,1H3,(H,25,29). The highest BCUT2D eigenvalue weighted by Gasteiger charge is 2.27. The number of carbonyl (C=O) groups is 1. The van der Waals surface area contributed by atoms with E-state index in [9.17, 15) is 9.18 Å². The van der Waals surface area contributed by atoms with Crippen LogP contribution in [0.2, 0.25) is 0 Å². The Balaban J connectivity index is 1.42. The number of nitrogens with one attached hydrogen (secondary N) is 1. The van der Waals surface area contributed by atoms with Crippen LogP contribution in [0.4, 0.5) is 15.9 Å². The predicted octanol–water partition coefficient (Wildman–Crippen LogP) is 3.84. The van der Waals surface area contributed by atoms with Crippen LogP contribution in [0, 0.1) is 18.7 Å². The minimum atomic E-state index is -0.322. The van der Waals surface area contributed by atoms with Crippen LogP contribution in [-0.4, -0.2) is 34.2 Å². The molecule has 0 spiro atoms. The van der Waals surface area contributed by atoms with Crippen LogP contribution >= 0.6 is 0 Å². The first kappa shape index (κ1) is 19.0. The molecule has 1 saturated heterocycles. The summed E-state index contributed by atoms with van der Waals surface area (Å²) in [6.45, 7) is 3.07. The summed E-state index contributed by atoms with van der Waals surface area (Å²) in [6, 6.07) is 12.4. The summed E-state index contributed by atoms with van der Waals surface area (Å²) in [6.07, 6.45) is 5.14. The average molecular weight is 391 g/mol. The Morgan fingerprint density at radius 3 is 2.83 bits per heavy atom. The predicted molar refractivity (Wildman–Crippen MR) is 110 cm³/mol. The van der Waals surface area contributed by atoms with E-state index in [4.69, 9.17) is 0 Å². The lowest BCUT2D eigenvalue weighted by atomic mass is 9.97. The first-order chi connectivity index (χ1) is 14.1. The van der Waals surface area contributed by atoms with E-state index in [0.717, 1.165) is 36.5 Å². The van der Waals surface area contributed by atoms with E-state index in [1.165, 1.54) is 6.07 Å². The van der Waals surface area contributed by atoms with Gasteiger partial charge in [0.15, 0.2) is 5.82 Å². The average Bonchev–Trinajstić information content (AvgIpc) is 2.77. The minimum Gasteiger partial charge on any atom is -0.354 e. The number of carbonyl (C=O) groups excluding carboxylic acids is 1. The van der Waals surface area contributed by atoms with Gasteiger partial charge in [0.2, 0.25) is 5.91 Å². The van der Waals surface area contributed by atoms with Crippen molar-refractivity contribution in [1.29, 1.82) is 0 Å². The summed E-state index contributed by atoms with van der Waals surface area (Å²) >= 11 is 0. The second-order valence-corrected chi connectivity index (χ2v) is 7.26. The first-order valence-electron chi connectivity index (χ1n) is 9.66. The van der Waals surface area contributed by atoms with Crippen molar-refractivity contribution in [2.45, 2.75) is 19.8 Å². The number of aromatic nitrogens is 3. The lowest BCUT2D eigenvalue weighted by Crippen LogP contribution is -2.41. The summed E-state index contributed by atoms with van der Waals surface area (Å²) < 4.78 is 13.7. The number of aryl methyl sites for hydroxylation is 1. The maximum atomic E-state index is 13.7. The number of piperidine rings is 1. The zero-order chi connectivity index (χ0) is 20.2. The topological polar surface area (TPSA) is 71.0 Å². The minimum absolute atomic E-state index is 0.0992. The second-order valence-electron chi connectivity index (χ2n) is 7.26. The second kappa shape index (κ2) is 8.34. The molecule has 3 aromatic rings. The van der Waals surface area contributed by atoms with Crippen LogP contribution in [0.1, 0.15) is 18.4 Å². The quantitative estimate of drug-likeness (QED) is 0.732. The third-order valence-electron chi connectivity index (χ3n) is 5.16. The summed E-state index contributed by atoms with van der Waals surface area (Å²) in [5.41, 5.74) is 2.71. The molecule has 148 valence electrons. The molecule has 7 heteroatoms. The van der Waals surface area contributed by atoms with Gasteiger partial charge in [0, 0.05) is 36.7 Å². The number of hydrogen-bond acceptors (Lipinski definition) is 5. The van der Waals surface area contributed by atoms with E-state index < -0.39 is 0 Å². The molecular weight excluding hydrogens is 369 g/mol. The summed E-state index contributed by atoms with van der Waals surface area (Å²) in [5, 5.41) is 11.5. The molecule has 1 unspecified atom stereocenters. The number of rotatable bonds is 4. The fourth-order valence-corrected chi connectivity index (χ4v) is 3.48. The van der Waals surface area contributed by atoms with Crippen molar-refractivity contribution in [2.75, 3.05) is 23.3 Å². The van der Waals surface area contributed by atoms with E-state index in [-0.39, 0.29) is 17.6 Å². The number of amides is 1. The van der Waals surface area contributed by atoms with Crippen molar-refractivity contribution in [2.24, 2.45) is 5.92 Å². The van der Waals surface area contributed by atoms with Gasteiger partial charge in [-0.3, -0.25) is 9.78 Å². The zero-order valence-corrected chi connectivity index (χ0v) is 16.2. The van der Waals surface area contributed by atoms with E-state index in [2.05, 4.69) is 25.4 Å². The Morgan fingerprint density at radius 1 is 1.21 bits per heavy atom. The van der Waals surface area contributed by atoms with Gasteiger partial charge in [-0.2, -0.15) is 0 Å². The van der Waals surface area contributed by atoms with E-state index in [1.54, 1.807) is 31.5 Å². The Hall–Kier alpha value is -3.35. The summed E-state index contributed by atoms with van der Waals surface area (Å²) in [5.74, 6) is 0.138. The molecule has 3 heterocycles. The van der Waals surface area contributed by atoms with Gasteiger partial charge in [-0.05, 0) is 61.7 Å². The largest absolute Gasteiger partial charge is 0.354 e. The zero-order valence-electron chi connectivity index (χ0n) is 16.2. The molecule has 1 amide bonds. The number of pyridine rings is 1. The highest BCUT2D eigenvalue weighted by molar-refractivity contribution is 5.93. The Morgan fingerprint density at radius 2 is 2.10 bits per heavy atom. The number of halogens is 1. The van der Waals surface area contributed by atoms with Crippen molar-refractivity contribution in [1.82, 2.24) is 15.2 Å². The van der Waals surface area contributed by atoms with E-state index >= 15 is 0 Å². The van der Waals surface area contributed by atoms with Gasteiger partial charge in [-0.25, -0.2) is 4.39 Å². The van der Waals surface area contributed by atoms with Gasteiger partial charge < -0.3 is 10.2 Å². The van der Waals surface area contributed by atoms with Gasteiger partial charge in [-0.15, -0.1) is 10.2 Å². The fourth-order valence-electron chi connectivity index (χ4n) is 3.48. The van der Waals surface area contributed by atoms with Gasteiger partial charge in [0.1, 0.15) is 5.82 Å². The highest BCUT2D eigenvalue weighted by Crippen LogP contribution is 2.24. The third kappa shape index (κ3) is 4.39. The van der Waals surface area contributed by atoms with Crippen LogP contribution in [0.5, 0.6) is 0 Å². The molecule has 1 atom stereocenters. The third-order valence-corrected chi connectivity index (χ3v) is 5.16. The maximum Gasteiger partial charge on any atom is 0.229 e. The molecule has 1 aliphatic heterocycles. The van der Waals surface area contributed by atoms with Crippen LogP contribution in [0.15, 0.2) is 54.9 Å². The molecule has 29 heavy (non-hydrogen) atoms. The number of nitrogens with zero attached hydrogens (tertiary/aromatic N) is 4. The van der Waals surface area contributed by atoms with Crippen molar-refractivity contribution >= 4 is 17.4 Å². The first-order valence-corrected chi connectivity index (χ1v) is 9.66. The number of hydrogen-bond donors (Lipinski definition) is 1. The molecule has 1 fully saturated rings. The summed E-state index contributed by atoms with van der Waals surface area (Å²) in [7, 11) is 0. The van der Waals surface area contributed by atoms with Gasteiger partial charge >= 0.3 is 0 Å². The molecule has 0 aliphatic carbocycles. The Labute approximate surface area is 168 Å². The molecule has 0 radical (unpaired) electrons. The molecule has 0 saturated carbocycles. The monoisotopic (exact) mass is 391 g/mol. The SMILES string of the molecule is Cc1ccc(NC(=O)C2CCCN(c3ccc(-c4cccnc4)nn3)C2)cc1F. The lowest BCUT2D eigenvalue weighted by Gasteiger charge is -2.32. The fraction of sp³-hybridized carbons (Fsp3) is 0.273. The van der Waals surface area contributed by atoms with Gasteiger partial charge in [0.25, 0.3) is 0 Å². The van der Waals surface area contributed by atoms with Crippen molar-refractivity contribution in [3.8, 4) is 11.3 Å². The molecule has 1 aromatic carbocycles. The van der Waals surface area contributed by atoms with Crippen molar-refractivity contribution in [3.05, 3.63) is 66.2 Å². The molecule has 4 rings (SSSR count). The maximum absolute atomic E-state index is 13.7. The molecular formula is C22H22FN5O. The number of anilines is 2. The van der Waals surface area contributed by atoms with E-state index in [1.807, 2.05) is 24.3 Å². The van der Waals surface area contributed by atoms with E-state index in [0.29, 0.717) is 17.8 Å². The molecule has 0 bridgehead atoms. The molecule has 2 aromatic heterocycles. The molecule has 1 aliphatic rings. The smallest absolute Gasteiger partial charge is 0.229 e. The normalized spacial score (nSPS) is 16.5. The molecule has 1 N–H and O–H groups in total. The Kier molecular flexibility index (Phi) is 5.46. The number of benzene rings is 1. The van der Waals surface area contributed by atoms with Crippen molar-refractivity contribution < 1.29 is 9.18 Å². The lowest BCUT2D eigenvalue weighted by molar-refractivity contribution is -0.120. The van der Waals surface area contributed by atoms with Crippen molar-refractivity contribution in [3.63, 3.8) is 0 Å². The van der Waals surface area contributed by atoms with Gasteiger partial charge in [-0.1, -0.05) is 6.07 Å². The van der Waals surface area contributed by atoms with Crippen LogP contribution in [-0.2, 0) is 4.79 Å². The molecule has 6 nitrogen and oxygen atoms in total. The Bertz CT molecular complexity index is 994. The van der Waals surface area contributed by atoms with Crippen LogP contribution in [0.3, 0.4) is 0 Å². The van der Waals surface area contributed by atoms with Crippen LogP contribution in [0.25, 0.3) is 11.3 Å².